The Bertz CT molecular complexity index is 919. The highest BCUT2D eigenvalue weighted by atomic mass is 35.5. The molecule has 1 saturated carbocycles. The summed E-state index contributed by atoms with van der Waals surface area (Å²) < 4.78 is 0. The van der Waals surface area contributed by atoms with Crippen LogP contribution in [0.15, 0.2) is 42.7 Å². The highest BCUT2D eigenvalue weighted by molar-refractivity contribution is 6.30. The number of hydrogen-bond donors (Lipinski definition) is 2. The van der Waals surface area contributed by atoms with Crippen molar-refractivity contribution in [3.63, 3.8) is 0 Å². The van der Waals surface area contributed by atoms with E-state index in [4.69, 9.17) is 11.6 Å². The summed E-state index contributed by atoms with van der Waals surface area (Å²) in [5.41, 5.74) is 4.01. The molecule has 27 heavy (non-hydrogen) atoms. The molecule has 0 saturated heterocycles. The van der Waals surface area contributed by atoms with Crippen molar-refractivity contribution in [2.24, 2.45) is 0 Å². The van der Waals surface area contributed by atoms with Gasteiger partial charge in [0.2, 0.25) is 5.91 Å². The summed E-state index contributed by atoms with van der Waals surface area (Å²) in [5.74, 6) is 1.00. The SMILES string of the molecule is O=C(CCc1ccc(Cl)cc1)Nc1n[nH]c(-c2ccnnc2)c1C1CCC1. The smallest absolute Gasteiger partial charge is 0.225 e. The maximum Gasteiger partial charge on any atom is 0.225 e. The number of benzene rings is 1. The minimum atomic E-state index is -0.0450. The fraction of sp³-hybridized carbons (Fsp3) is 0.300. The van der Waals surface area contributed by atoms with E-state index >= 15 is 0 Å². The van der Waals surface area contributed by atoms with Gasteiger partial charge in [0.15, 0.2) is 5.82 Å². The number of rotatable bonds is 6. The highest BCUT2D eigenvalue weighted by Crippen LogP contribution is 2.43. The topological polar surface area (TPSA) is 83.6 Å². The zero-order valence-electron chi connectivity index (χ0n) is 14.8. The van der Waals surface area contributed by atoms with Gasteiger partial charge >= 0.3 is 0 Å². The number of H-pyrrole nitrogens is 1. The van der Waals surface area contributed by atoms with Crippen molar-refractivity contribution in [3.8, 4) is 11.3 Å². The number of carbonyl (C=O) groups is 1. The third-order valence-corrected chi connectivity index (χ3v) is 5.25. The van der Waals surface area contributed by atoms with E-state index in [9.17, 15) is 4.79 Å². The summed E-state index contributed by atoms with van der Waals surface area (Å²) in [7, 11) is 0. The maximum absolute atomic E-state index is 12.5. The van der Waals surface area contributed by atoms with Crippen molar-refractivity contribution >= 4 is 23.3 Å². The number of aromatic nitrogens is 4. The molecule has 0 atom stereocenters. The Morgan fingerprint density at radius 3 is 2.67 bits per heavy atom. The van der Waals surface area contributed by atoms with E-state index in [1.807, 2.05) is 30.3 Å². The maximum atomic E-state index is 12.5. The van der Waals surface area contributed by atoms with Gasteiger partial charge in [-0.05, 0) is 48.9 Å². The molecule has 2 N–H and O–H groups in total. The molecule has 3 aromatic rings. The van der Waals surface area contributed by atoms with Crippen molar-refractivity contribution in [2.75, 3.05) is 5.32 Å². The van der Waals surface area contributed by atoms with E-state index in [1.54, 1.807) is 12.4 Å². The van der Waals surface area contributed by atoms with Gasteiger partial charge in [0.05, 0.1) is 18.1 Å². The van der Waals surface area contributed by atoms with Crippen LogP contribution in [0.1, 0.15) is 42.7 Å². The molecule has 1 aliphatic rings. The van der Waals surface area contributed by atoms with Gasteiger partial charge in [-0.25, -0.2) is 0 Å². The van der Waals surface area contributed by atoms with Crippen LogP contribution >= 0.6 is 11.6 Å². The minimum Gasteiger partial charge on any atom is -0.309 e. The summed E-state index contributed by atoms with van der Waals surface area (Å²) >= 11 is 5.90. The number of anilines is 1. The number of hydrogen-bond acceptors (Lipinski definition) is 4. The molecule has 7 heteroatoms. The lowest BCUT2D eigenvalue weighted by molar-refractivity contribution is -0.116. The van der Waals surface area contributed by atoms with Crippen LogP contribution in [0.3, 0.4) is 0 Å². The number of aromatic amines is 1. The highest BCUT2D eigenvalue weighted by Gasteiger charge is 2.28. The fourth-order valence-corrected chi connectivity index (χ4v) is 3.43. The third kappa shape index (κ3) is 4.01. The zero-order valence-corrected chi connectivity index (χ0v) is 15.5. The van der Waals surface area contributed by atoms with Crippen LogP contribution in [0.5, 0.6) is 0 Å². The quantitative estimate of drug-likeness (QED) is 0.664. The van der Waals surface area contributed by atoms with Crippen molar-refractivity contribution in [1.82, 2.24) is 20.4 Å². The average Bonchev–Trinajstić information content (AvgIpc) is 3.04. The van der Waals surface area contributed by atoms with E-state index in [1.165, 1.54) is 6.42 Å². The summed E-state index contributed by atoms with van der Waals surface area (Å²) in [4.78, 5) is 12.5. The van der Waals surface area contributed by atoms with Crippen LogP contribution in [0.2, 0.25) is 5.02 Å². The van der Waals surface area contributed by atoms with E-state index in [2.05, 4.69) is 25.7 Å². The first-order valence-corrected chi connectivity index (χ1v) is 9.48. The lowest BCUT2D eigenvalue weighted by atomic mass is 9.79. The van der Waals surface area contributed by atoms with Crippen LogP contribution in [-0.4, -0.2) is 26.3 Å². The number of halogens is 1. The Labute approximate surface area is 162 Å². The van der Waals surface area contributed by atoms with Crippen molar-refractivity contribution in [3.05, 3.63) is 58.9 Å². The fourth-order valence-electron chi connectivity index (χ4n) is 3.30. The monoisotopic (exact) mass is 381 g/mol. The van der Waals surface area contributed by atoms with Crippen LogP contribution in [-0.2, 0) is 11.2 Å². The van der Waals surface area contributed by atoms with Gasteiger partial charge in [-0.2, -0.15) is 15.3 Å². The Hall–Kier alpha value is -2.73. The molecular weight excluding hydrogens is 362 g/mol. The molecule has 6 nitrogen and oxygen atoms in total. The summed E-state index contributed by atoms with van der Waals surface area (Å²) in [6.07, 6.45) is 7.84. The minimum absolute atomic E-state index is 0.0450. The second kappa shape index (κ2) is 7.88. The number of carbonyl (C=O) groups excluding carboxylic acids is 1. The number of nitrogens with zero attached hydrogens (tertiary/aromatic N) is 3. The summed E-state index contributed by atoms with van der Waals surface area (Å²) in [6, 6.07) is 9.46. The van der Waals surface area contributed by atoms with E-state index in [-0.39, 0.29) is 5.91 Å². The van der Waals surface area contributed by atoms with Crippen molar-refractivity contribution < 1.29 is 4.79 Å². The number of nitrogens with one attached hydrogen (secondary N) is 2. The van der Waals surface area contributed by atoms with Gasteiger partial charge in [0.25, 0.3) is 0 Å². The normalized spacial score (nSPS) is 14.0. The number of amides is 1. The number of aryl methyl sites for hydroxylation is 1. The molecule has 1 amide bonds. The molecule has 1 aliphatic carbocycles. The van der Waals surface area contributed by atoms with Crippen molar-refractivity contribution in [2.45, 2.75) is 38.0 Å². The van der Waals surface area contributed by atoms with Gasteiger partial charge in [-0.1, -0.05) is 30.2 Å². The molecule has 138 valence electrons. The van der Waals surface area contributed by atoms with Crippen LogP contribution < -0.4 is 5.32 Å². The second-order valence-corrected chi connectivity index (χ2v) is 7.23. The molecular formula is C20H20ClN5O. The van der Waals surface area contributed by atoms with Gasteiger partial charge in [0, 0.05) is 22.6 Å². The van der Waals surface area contributed by atoms with Gasteiger partial charge in [-0.3, -0.25) is 9.89 Å². The zero-order chi connectivity index (χ0) is 18.6. The first-order valence-electron chi connectivity index (χ1n) is 9.10. The van der Waals surface area contributed by atoms with Crippen molar-refractivity contribution in [1.29, 1.82) is 0 Å². The molecule has 4 rings (SSSR count). The van der Waals surface area contributed by atoms with Crippen LogP contribution in [0, 0.1) is 0 Å². The van der Waals surface area contributed by atoms with Crippen LogP contribution in [0.25, 0.3) is 11.3 Å². The second-order valence-electron chi connectivity index (χ2n) is 6.79. The summed E-state index contributed by atoms with van der Waals surface area (Å²) in [6.45, 7) is 0. The first-order chi connectivity index (χ1) is 13.2. The molecule has 1 fully saturated rings. The Kier molecular flexibility index (Phi) is 5.16. The van der Waals surface area contributed by atoms with Gasteiger partial charge in [0.1, 0.15) is 0 Å². The molecule has 0 spiro atoms. The lowest BCUT2D eigenvalue weighted by Gasteiger charge is -2.26. The standard InChI is InChI=1S/C20H20ClN5O/c21-16-7-4-13(5-8-16)6-9-17(27)24-20-18(14-2-1-3-14)19(25-26-20)15-10-11-22-23-12-15/h4-5,7-8,10-12,14H,1-3,6,9H2,(H2,24,25,26,27). The van der Waals surface area contributed by atoms with Gasteiger partial charge in [-0.15, -0.1) is 0 Å². The molecule has 0 radical (unpaired) electrons. The first kappa shape index (κ1) is 17.7. The Morgan fingerprint density at radius 2 is 2.00 bits per heavy atom. The van der Waals surface area contributed by atoms with E-state index in [0.717, 1.165) is 35.2 Å². The lowest BCUT2D eigenvalue weighted by Crippen LogP contribution is -2.17. The molecule has 1 aromatic carbocycles. The predicted molar refractivity (Wildman–Crippen MR) is 105 cm³/mol. The molecule has 2 heterocycles. The molecule has 0 unspecified atom stereocenters. The Morgan fingerprint density at radius 1 is 1.19 bits per heavy atom. The third-order valence-electron chi connectivity index (χ3n) is 5.00. The molecule has 2 aromatic heterocycles. The summed E-state index contributed by atoms with van der Waals surface area (Å²) in [5, 5.41) is 18.9. The Balaban J connectivity index is 1.49. The van der Waals surface area contributed by atoms with E-state index < -0.39 is 0 Å². The molecule has 0 aliphatic heterocycles. The van der Waals surface area contributed by atoms with Gasteiger partial charge < -0.3 is 5.32 Å². The predicted octanol–water partition coefficient (Wildman–Crippen LogP) is 4.36. The molecule has 0 bridgehead atoms. The average molecular weight is 382 g/mol. The largest absolute Gasteiger partial charge is 0.309 e. The van der Waals surface area contributed by atoms with Crippen LogP contribution in [0.4, 0.5) is 5.82 Å². The van der Waals surface area contributed by atoms with E-state index in [0.29, 0.717) is 29.6 Å².